The van der Waals surface area contributed by atoms with Crippen molar-refractivity contribution in [3.05, 3.63) is 18.1 Å². The Labute approximate surface area is 154 Å². The first-order valence-corrected chi connectivity index (χ1v) is 9.64. The summed E-state index contributed by atoms with van der Waals surface area (Å²) in [6.45, 7) is 2.00. The highest BCUT2D eigenvalue weighted by atomic mass is 16.5. The molecule has 1 atom stereocenters. The highest BCUT2D eigenvalue weighted by molar-refractivity contribution is 5.84. The van der Waals surface area contributed by atoms with Crippen LogP contribution in [0.25, 0.3) is 0 Å². The van der Waals surface area contributed by atoms with Gasteiger partial charge in [-0.2, -0.15) is 0 Å². The van der Waals surface area contributed by atoms with Gasteiger partial charge in [0.15, 0.2) is 0 Å². The Balaban J connectivity index is 1.31. The Kier molecular flexibility index (Phi) is 4.84. The molecule has 1 saturated heterocycles. The third-order valence-corrected chi connectivity index (χ3v) is 6.27. The molecule has 0 spiro atoms. The minimum atomic E-state index is -0.293. The highest BCUT2D eigenvalue weighted by Crippen LogP contribution is 2.43. The molecule has 7 heteroatoms. The van der Waals surface area contributed by atoms with Crippen LogP contribution < -0.4 is 10.2 Å². The number of β-amino-alcohol motifs (C(OH)–C–C–N with tert-alkyl or cyclic N) is 1. The summed E-state index contributed by atoms with van der Waals surface area (Å²) in [6.07, 6.45) is 6.96. The molecule has 142 valence electrons. The number of nitrogens with one attached hydrogen (secondary N) is 1. The van der Waals surface area contributed by atoms with Crippen LogP contribution in [0.2, 0.25) is 0 Å². The average Bonchev–Trinajstić information content (AvgIpc) is 3.00. The zero-order valence-corrected chi connectivity index (χ0v) is 15.4. The van der Waals surface area contributed by atoms with Crippen LogP contribution in [0.3, 0.4) is 0 Å². The summed E-state index contributed by atoms with van der Waals surface area (Å²) in [5.41, 5.74) is 0.746. The number of ether oxygens (including phenoxy) is 1. The molecule has 2 aliphatic carbocycles. The van der Waals surface area contributed by atoms with E-state index >= 15 is 0 Å². The van der Waals surface area contributed by atoms with Crippen molar-refractivity contribution in [2.24, 2.45) is 5.41 Å². The fourth-order valence-electron chi connectivity index (χ4n) is 4.34. The molecule has 0 aromatic carbocycles. The van der Waals surface area contributed by atoms with Crippen molar-refractivity contribution in [3.8, 4) is 0 Å². The van der Waals surface area contributed by atoms with E-state index in [2.05, 4.69) is 20.2 Å². The van der Waals surface area contributed by atoms with Gasteiger partial charge in [-0.15, -0.1) is 0 Å². The van der Waals surface area contributed by atoms with Crippen molar-refractivity contribution >= 4 is 11.7 Å². The van der Waals surface area contributed by atoms with Crippen molar-refractivity contribution in [1.82, 2.24) is 15.3 Å². The molecule has 0 radical (unpaired) electrons. The lowest BCUT2D eigenvalue weighted by Crippen LogP contribution is -2.54. The van der Waals surface area contributed by atoms with Crippen LogP contribution in [-0.4, -0.2) is 59.9 Å². The summed E-state index contributed by atoms with van der Waals surface area (Å²) in [7, 11) is 1.67. The highest BCUT2D eigenvalue weighted by Gasteiger charge is 2.46. The molecule has 3 aliphatic rings. The molecule has 7 nitrogen and oxygen atoms in total. The van der Waals surface area contributed by atoms with E-state index in [0.29, 0.717) is 19.1 Å². The van der Waals surface area contributed by atoms with E-state index in [-0.39, 0.29) is 23.5 Å². The third-order valence-electron chi connectivity index (χ3n) is 6.27. The largest absolute Gasteiger partial charge is 0.391 e. The summed E-state index contributed by atoms with van der Waals surface area (Å²) in [5, 5.41) is 12.9. The minimum Gasteiger partial charge on any atom is -0.391 e. The molecule has 1 unspecified atom stereocenters. The predicted molar refractivity (Wildman–Crippen MR) is 96.9 cm³/mol. The number of anilines is 1. The number of carbonyl (C=O) groups is 1. The van der Waals surface area contributed by atoms with Crippen LogP contribution in [0.15, 0.2) is 12.4 Å². The maximum absolute atomic E-state index is 12.6. The van der Waals surface area contributed by atoms with Gasteiger partial charge >= 0.3 is 0 Å². The summed E-state index contributed by atoms with van der Waals surface area (Å²) in [5.74, 6) is 1.42. The summed E-state index contributed by atoms with van der Waals surface area (Å²) < 4.78 is 5.26. The van der Waals surface area contributed by atoms with Crippen LogP contribution in [0, 0.1) is 5.41 Å². The van der Waals surface area contributed by atoms with Crippen molar-refractivity contribution in [2.75, 3.05) is 31.7 Å². The van der Waals surface area contributed by atoms with E-state index < -0.39 is 0 Å². The Morgan fingerprint density at radius 1 is 1.42 bits per heavy atom. The van der Waals surface area contributed by atoms with Crippen LogP contribution >= 0.6 is 0 Å². The number of aliphatic hydroxyl groups excluding tert-OH is 1. The molecule has 0 bridgehead atoms. The van der Waals surface area contributed by atoms with E-state index in [1.54, 1.807) is 13.4 Å². The molecule has 2 N–H and O–H groups in total. The number of amides is 1. The maximum Gasteiger partial charge on any atom is 0.228 e. The van der Waals surface area contributed by atoms with Gasteiger partial charge < -0.3 is 20.1 Å². The topological polar surface area (TPSA) is 87.6 Å². The van der Waals surface area contributed by atoms with Gasteiger partial charge in [-0.3, -0.25) is 4.79 Å². The van der Waals surface area contributed by atoms with E-state index in [9.17, 15) is 9.90 Å². The fraction of sp³-hybridized carbons (Fsp3) is 0.737. The Morgan fingerprint density at radius 3 is 2.85 bits per heavy atom. The van der Waals surface area contributed by atoms with E-state index in [0.717, 1.165) is 56.6 Å². The zero-order chi connectivity index (χ0) is 18.1. The molecule has 3 fully saturated rings. The lowest BCUT2D eigenvalue weighted by atomic mass is 9.68. The minimum absolute atomic E-state index is 0.156. The number of methoxy groups -OCH3 is 1. The molecule has 1 aromatic heterocycles. The van der Waals surface area contributed by atoms with Gasteiger partial charge in [0.05, 0.1) is 18.1 Å². The van der Waals surface area contributed by atoms with E-state index in [1.165, 1.54) is 0 Å². The molecular formula is C19H28N4O3. The van der Waals surface area contributed by atoms with Gasteiger partial charge in [0.25, 0.3) is 0 Å². The number of hydrogen-bond donors (Lipinski definition) is 2. The molecule has 2 saturated carbocycles. The predicted octanol–water partition coefficient (Wildman–Crippen LogP) is 1.23. The van der Waals surface area contributed by atoms with Gasteiger partial charge in [0.2, 0.25) is 5.91 Å². The summed E-state index contributed by atoms with van der Waals surface area (Å²) in [6, 6.07) is 2.27. The zero-order valence-electron chi connectivity index (χ0n) is 15.4. The Morgan fingerprint density at radius 2 is 2.23 bits per heavy atom. The van der Waals surface area contributed by atoms with Crippen LogP contribution in [0.4, 0.5) is 5.82 Å². The molecular weight excluding hydrogens is 332 g/mol. The number of aliphatic hydroxyl groups is 1. The molecule has 2 heterocycles. The van der Waals surface area contributed by atoms with E-state index in [1.807, 2.05) is 6.07 Å². The van der Waals surface area contributed by atoms with Gasteiger partial charge in [0, 0.05) is 43.9 Å². The first-order valence-electron chi connectivity index (χ1n) is 9.64. The second-order valence-electron chi connectivity index (χ2n) is 8.10. The van der Waals surface area contributed by atoms with Gasteiger partial charge in [-0.25, -0.2) is 9.97 Å². The molecule has 1 amide bonds. The lowest BCUT2D eigenvalue weighted by molar-refractivity contribution is -0.142. The first kappa shape index (κ1) is 17.7. The lowest BCUT2D eigenvalue weighted by Gasteiger charge is -2.43. The molecule has 1 aromatic rings. The van der Waals surface area contributed by atoms with Crippen LogP contribution in [-0.2, 0) is 9.53 Å². The Bertz CT molecular complexity index is 658. The van der Waals surface area contributed by atoms with Crippen molar-refractivity contribution in [2.45, 2.75) is 56.6 Å². The van der Waals surface area contributed by atoms with Crippen molar-refractivity contribution in [1.29, 1.82) is 0 Å². The van der Waals surface area contributed by atoms with Crippen LogP contribution in [0.1, 0.15) is 50.1 Å². The monoisotopic (exact) mass is 360 g/mol. The van der Waals surface area contributed by atoms with Crippen molar-refractivity contribution in [3.63, 3.8) is 0 Å². The quantitative estimate of drug-likeness (QED) is 0.793. The van der Waals surface area contributed by atoms with Gasteiger partial charge in [0.1, 0.15) is 12.1 Å². The number of carbonyl (C=O) groups excluding carboxylic acids is 1. The number of nitrogens with zero attached hydrogens (tertiary/aromatic N) is 3. The first-order chi connectivity index (χ1) is 12.6. The summed E-state index contributed by atoms with van der Waals surface area (Å²) in [4.78, 5) is 23.5. The average molecular weight is 360 g/mol. The van der Waals surface area contributed by atoms with Crippen LogP contribution in [0.5, 0.6) is 0 Å². The van der Waals surface area contributed by atoms with E-state index in [4.69, 9.17) is 4.74 Å². The second kappa shape index (κ2) is 7.12. The van der Waals surface area contributed by atoms with Gasteiger partial charge in [-0.05, 0) is 32.1 Å². The Hall–Kier alpha value is -1.73. The molecule has 4 rings (SSSR count). The van der Waals surface area contributed by atoms with Gasteiger partial charge in [-0.1, -0.05) is 6.42 Å². The molecule has 26 heavy (non-hydrogen) atoms. The standard InChI is InChI=1S/C19H28N4O3/c1-26-11-19(4-2-5-19)18(25)22-14-7-13(8-14)16-9-17(21-12-20-16)23-6-3-15(24)10-23/h9,12-15,24H,2-8,10-11H2,1H3,(H,22,25). The smallest absolute Gasteiger partial charge is 0.228 e. The number of aromatic nitrogens is 2. The normalized spacial score (nSPS) is 29.8. The molecule has 1 aliphatic heterocycles. The maximum atomic E-state index is 12.6. The van der Waals surface area contributed by atoms with Crippen molar-refractivity contribution < 1.29 is 14.6 Å². The second-order valence-corrected chi connectivity index (χ2v) is 8.10. The fourth-order valence-corrected chi connectivity index (χ4v) is 4.34. The SMILES string of the molecule is COCC1(C(=O)NC2CC(c3cc(N4CCC(O)C4)ncn3)C2)CCC1. The number of hydrogen-bond acceptors (Lipinski definition) is 6. The third kappa shape index (κ3) is 3.30. The summed E-state index contributed by atoms with van der Waals surface area (Å²) >= 11 is 0. The number of rotatable bonds is 6.